The summed E-state index contributed by atoms with van der Waals surface area (Å²) in [6.45, 7) is 3.57. The summed E-state index contributed by atoms with van der Waals surface area (Å²) in [5.74, 6) is 0. The lowest BCUT2D eigenvalue weighted by atomic mass is 10.3. The highest BCUT2D eigenvalue weighted by Crippen LogP contribution is 2.58. The molecule has 0 aromatic carbocycles. The van der Waals surface area contributed by atoms with E-state index >= 15 is 0 Å². The summed E-state index contributed by atoms with van der Waals surface area (Å²) >= 11 is 1.85. The molecule has 0 fully saturated rings. The van der Waals surface area contributed by atoms with Gasteiger partial charge in [-0.1, -0.05) is 36.4 Å². The lowest BCUT2D eigenvalue weighted by Crippen LogP contribution is -2.17. The average Bonchev–Trinajstić information content (AvgIpc) is 1.84. The van der Waals surface area contributed by atoms with E-state index in [2.05, 4.69) is 0 Å². The molecule has 0 rings (SSSR count). The number of hydrogen-bond acceptors (Lipinski definition) is 1. The van der Waals surface area contributed by atoms with Gasteiger partial charge in [0.05, 0.1) is 0 Å². The van der Waals surface area contributed by atoms with Crippen molar-refractivity contribution in [2.45, 2.75) is 29.9 Å². The van der Waals surface area contributed by atoms with Crippen LogP contribution in [0.4, 0.5) is 0 Å². The average molecular weight is 278 g/mol. The van der Waals surface area contributed by atoms with E-state index in [4.69, 9.17) is 9.79 Å². The fraction of sp³-hybridized carbons (Fsp3) is 1.00. The largest absolute Gasteiger partial charge is 0.341 e. The van der Waals surface area contributed by atoms with Crippen LogP contribution in [0.1, 0.15) is 26.7 Å². The summed E-state index contributed by atoms with van der Waals surface area (Å²) in [4.78, 5) is 17.7. The monoisotopic (exact) mass is 278 g/mol. The maximum atomic E-state index is 10.8. The molecule has 0 saturated heterocycles. The van der Waals surface area contributed by atoms with Gasteiger partial charge in [-0.2, -0.15) is 0 Å². The first kappa shape index (κ1) is 10.9. The van der Waals surface area contributed by atoms with Crippen molar-refractivity contribution < 1.29 is 14.4 Å². The Labute approximate surface area is 74.5 Å². The molecule has 0 radical (unpaired) electrons. The molecule has 0 heterocycles. The fourth-order valence-corrected chi connectivity index (χ4v) is 1.49. The van der Waals surface area contributed by atoms with Crippen molar-refractivity contribution in [3.05, 3.63) is 0 Å². The molecule has 62 valence electrons. The predicted molar refractivity (Wildman–Crippen MR) is 49.4 cm³/mol. The van der Waals surface area contributed by atoms with E-state index in [0.717, 1.165) is 0 Å². The van der Waals surface area contributed by atoms with E-state index in [1.54, 1.807) is 13.8 Å². The summed E-state index contributed by atoms with van der Waals surface area (Å²) in [5.41, 5.74) is 0. The predicted octanol–water partition coefficient (Wildman–Crippen LogP) is 2.12. The van der Waals surface area contributed by atoms with E-state index in [0.29, 0.717) is 12.8 Å². The zero-order valence-corrected chi connectivity index (χ0v) is 9.09. The van der Waals surface area contributed by atoms with Gasteiger partial charge in [0.2, 0.25) is 0 Å². The molecule has 0 aliphatic rings. The van der Waals surface area contributed by atoms with Crippen molar-refractivity contribution in [2.24, 2.45) is 0 Å². The molecule has 5 heteroatoms. The molecule has 0 saturated carbocycles. The van der Waals surface area contributed by atoms with Gasteiger partial charge in [-0.25, -0.2) is 0 Å². The van der Waals surface area contributed by atoms with Crippen molar-refractivity contribution in [2.75, 3.05) is 0 Å². The molecule has 2 N–H and O–H groups in total. The third kappa shape index (κ3) is 2.19. The van der Waals surface area contributed by atoms with E-state index in [1.807, 2.05) is 22.6 Å². The minimum atomic E-state index is -3.90. The normalized spacial score (nSPS) is 13.7. The minimum Gasteiger partial charge on any atom is -0.323 e. The van der Waals surface area contributed by atoms with Gasteiger partial charge in [0.25, 0.3) is 0 Å². The summed E-state index contributed by atoms with van der Waals surface area (Å²) in [5, 5.41) is 0. The molecule has 0 aliphatic heterocycles. The van der Waals surface area contributed by atoms with Gasteiger partial charge in [-0.15, -0.1) is 0 Å². The Bertz CT molecular complexity index is 149. The van der Waals surface area contributed by atoms with Crippen molar-refractivity contribution >= 4 is 30.2 Å². The highest BCUT2D eigenvalue weighted by Gasteiger charge is 2.40. The Hall–Kier alpha value is 0.880. The van der Waals surface area contributed by atoms with Gasteiger partial charge in [-0.05, 0) is 12.8 Å². The molecule has 0 amide bonds. The Balaban J connectivity index is 4.50. The van der Waals surface area contributed by atoms with Crippen LogP contribution in [0.3, 0.4) is 0 Å². The summed E-state index contributed by atoms with van der Waals surface area (Å²) in [6, 6.07) is 0. The lowest BCUT2D eigenvalue weighted by molar-refractivity contribution is 0.350. The van der Waals surface area contributed by atoms with Crippen LogP contribution in [-0.2, 0) is 4.57 Å². The Morgan fingerprint density at radius 1 is 1.40 bits per heavy atom. The molecule has 0 aliphatic carbocycles. The van der Waals surface area contributed by atoms with Crippen molar-refractivity contribution in [3.8, 4) is 0 Å². The molecule has 0 aromatic rings. The zero-order valence-electron chi connectivity index (χ0n) is 6.04. The summed E-state index contributed by atoms with van der Waals surface area (Å²) in [6.07, 6.45) is 1.02. The first-order chi connectivity index (χ1) is 4.37. The van der Waals surface area contributed by atoms with E-state index in [-0.39, 0.29) is 0 Å². The van der Waals surface area contributed by atoms with E-state index in [1.165, 1.54) is 0 Å². The van der Waals surface area contributed by atoms with E-state index in [9.17, 15) is 4.57 Å². The maximum absolute atomic E-state index is 10.8. The zero-order chi connectivity index (χ0) is 8.41. The first-order valence-corrected chi connectivity index (χ1v) is 5.81. The van der Waals surface area contributed by atoms with Crippen LogP contribution in [0.2, 0.25) is 0 Å². The van der Waals surface area contributed by atoms with E-state index < -0.39 is 10.8 Å². The number of hydrogen-bond donors (Lipinski definition) is 2. The van der Waals surface area contributed by atoms with Gasteiger partial charge < -0.3 is 9.79 Å². The standard InChI is InChI=1S/C5H12IO3P/c1-3-5(6,4-2)10(7,8)9/h3-4H2,1-2H3,(H2,7,8,9). The number of alkyl halides is 1. The maximum Gasteiger partial charge on any atom is 0.341 e. The molecule has 10 heavy (non-hydrogen) atoms. The fourth-order valence-electron chi connectivity index (χ4n) is 0.662. The molecule has 0 bridgehead atoms. The number of rotatable bonds is 3. The van der Waals surface area contributed by atoms with Crippen molar-refractivity contribution in [1.29, 1.82) is 0 Å². The van der Waals surface area contributed by atoms with Gasteiger partial charge in [-0.3, -0.25) is 4.57 Å². The Morgan fingerprint density at radius 2 is 1.70 bits per heavy atom. The molecule has 0 aromatic heterocycles. The smallest absolute Gasteiger partial charge is 0.323 e. The Kier molecular flexibility index (Phi) is 3.83. The van der Waals surface area contributed by atoms with Crippen molar-refractivity contribution in [3.63, 3.8) is 0 Å². The van der Waals surface area contributed by atoms with Crippen LogP contribution < -0.4 is 0 Å². The lowest BCUT2D eigenvalue weighted by Gasteiger charge is -2.24. The van der Waals surface area contributed by atoms with Crippen LogP contribution in [0.5, 0.6) is 0 Å². The van der Waals surface area contributed by atoms with Crippen LogP contribution in [-0.4, -0.2) is 12.9 Å². The van der Waals surface area contributed by atoms with Gasteiger partial charge in [0, 0.05) is 0 Å². The summed E-state index contributed by atoms with van der Waals surface area (Å²) < 4.78 is 9.96. The number of halogens is 1. The second-order valence-corrected chi connectivity index (χ2v) is 7.03. The van der Waals surface area contributed by atoms with Gasteiger partial charge in [0.1, 0.15) is 3.16 Å². The van der Waals surface area contributed by atoms with Crippen LogP contribution in [0.25, 0.3) is 0 Å². The SMILES string of the molecule is CCC(I)(CC)P(=O)(O)O. The second kappa shape index (κ2) is 3.52. The van der Waals surface area contributed by atoms with Crippen LogP contribution in [0.15, 0.2) is 0 Å². The highest BCUT2D eigenvalue weighted by atomic mass is 127. The molecule has 0 atom stereocenters. The molecule has 0 spiro atoms. The van der Waals surface area contributed by atoms with Crippen LogP contribution in [0, 0.1) is 0 Å². The molecule has 3 nitrogen and oxygen atoms in total. The first-order valence-electron chi connectivity index (χ1n) is 3.12. The highest BCUT2D eigenvalue weighted by molar-refractivity contribution is 14.1. The Morgan fingerprint density at radius 3 is 1.70 bits per heavy atom. The molecular weight excluding hydrogens is 266 g/mol. The molecule has 0 unspecified atom stereocenters. The topological polar surface area (TPSA) is 57.5 Å². The third-order valence-electron chi connectivity index (χ3n) is 1.61. The van der Waals surface area contributed by atoms with Crippen molar-refractivity contribution in [1.82, 2.24) is 0 Å². The second-order valence-electron chi connectivity index (χ2n) is 2.17. The van der Waals surface area contributed by atoms with Gasteiger partial charge in [0.15, 0.2) is 0 Å². The molecular formula is C5H12IO3P. The third-order valence-corrected chi connectivity index (χ3v) is 6.69. The quantitative estimate of drug-likeness (QED) is 0.472. The minimum absolute atomic E-state index is 0.508. The van der Waals surface area contributed by atoms with Gasteiger partial charge >= 0.3 is 7.60 Å². The summed E-state index contributed by atoms with van der Waals surface area (Å²) in [7, 11) is -3.90. The van der Waals surface area contributed by atoms with Crippen LogP contribution >= 0.6 is 30.2 Å².